The Hall–Kier alpha value is -3.16. The first-order valence-corrected chi connectivity index (χ1v) is 11.9. The predicted octanol–water partition coefficient (Wildman–Crippen LogP) is 5.35. The number of benzene rings is 3. The van der Waals surface area contributed by atoms with Crippen LogP contribution in [0.3, 0.4) is 0 Å². The van der Waals surface area contributed by atoms with Crippen molar-refractivity contribution in [3.8, 4) is 0 Å². The Bertz CT molecular complexity index is 1410. The molecule has 5 nitrogen and oxygen atoms in total. The largest absolute Gasteiger partial charge is 0.337 e. The Kier molecular flexibility index (Phi) is 6.04. The average Bonchev–Trinajstić information content (AvgIpc) is 3.11. The van der Waals surface area contributed by atoms with E-state index in [4.69, 9.17) is 11.6 Å². The standard InChI is InChI=1S/C24H20ClFN2O3S/c1-16-6-11-21(20(25)12-16)27-24(29)14-28-13-23(19-4-2-3-5-22(19)28)32(30,31)15-17-7-9-18(26)10-8-17/h2-13H,14-15H2,1H3,(H,27,29). The number of fused-ring (bicyclic) bond motifs is 1. The van der Waals surface area contributed by atoms with Crippen LogP contribution in [0.1, 0.15) is 11.1 Å². The van der Waals surface area contributed by atoms with Crippen LogP contribution in [-0.2, 0) is 26.9 Å². The lowest BCUT2D eigenvalue weighted by atomic mass is 10.2. The van der Waals surface area contributed by atoms with Crippen molar-refractivity contribution in [1.82, 2.24) is 4.57 Å². The number of aryl methyl sites for hydroxylation is 1. The monoisotopic (exact) mass is 470 g/mol. The highest BCUT2D eigenvalue weighted by atomic mass is 35.5. The zero-order valence-corrected chi connectivity index (χ0v) is 18.8. The molecule has 0 spiro atoms. The Balaban J connectivity index is 1.63. The summed E-state index contributed by atoms with van der Waals surface area (Å²) in [4.78, 5) is 12.8. The van der Waals surface area contributed by atoms with Gasteiger partial charge in [-0.05, 0) is 48.4 Å². The van der Waals surface area contributed by atoms with Gasteiger partial charge in [0.25, 0.3) is 0 Å². The van der Waals surface area contributed by atoms with Crippen LogP contribution in [0.2, 0.25) is 5.02 Å². The highest BCUT2D eigenvalue weighted by molar-refractivity contribution is 7.90. The highest BCUT2D eigenvalue weighted by Crippen LogP contribution is 2.29. The third kappa shape index (κ3) is 4.69. The highest BCUT2D eigenvalue weighted by Gasteiger charge is 2.22. The van der Waals surface area contributed by atoms with E-state index < -0.39 is 15.7 Å². The summed E-state index contributed by atoms with van der Waals surface area (Å²) in [5.74, 6) is -1.03. The van der Waals surface area contributed by atoms with Crippen molar-refractivity contribution >= 4 is 43.9 Å². The fourth-order valence-corrected chi connectivity index (χ4v) is 5.40. The molecule has 0 saturated carbocycles. The number of carbonyl (C=O) groups excluding carboxylic acids is 1. The molecule has 0 radical (unpaired) electrons. The van der Waals surface area contributed by atoms with Crippen LogP contribution in [0.4, 0.5) is 10.1 Å². The van der Waals surface area contributed by atoms with Gasteiger partial charge in [-0.3, -0.25) is 4.79 Å². The first kappa shape index (κ1) is 22.0. The molecule has 1 amide bonds. The van der Waals surface area contributed by atoms with Crippen molar-refractivity contribution in [1.29, 1.82) is 0 Å². The molecule has 1 heterocycles. The summed E-state index contributed by atoms with van der Waals surface area (Å²) in [6, 6.07) is 17.7. The van der Waals surface area contributed by atoms with Crippen molar-refractivity contribution < 1.29 is 17.6 Å². The number of rotatable bonds is 6. The summed E-state index contributed by atoms with van der Waals surface area (Å²) in [7, 11) is -3.73. The van der Waals surface area contributed by atoms with Crippen molar-refractivity contribution in [3.63, 3.8) is 0 Å². The Morgan fingerprint density at radius 2 is 1.78 bits per heavy atom. The molecule has 4 rings (SSSR count). The van der Waals surface area contributed by atoms with E-state index in [1.807, 2.05) is 13.0 Å². The maximum absolute atomic E-state index is 13.2. The topological polar surface area (TPSA) is 68.2 Å². The third-order valence-corrected chi connectivity index (χ3v) is 7.09. The van der Waals surface area contributed by atoms with Gasteiger partial charge in [0.1, 0.15) is 12.4 Å². The molecule has 3 aromatic carbocycles. The molecule has 32 heavy (non-hydrogen) atoms. The first-order valence-electron chi connectivity index (χ1n) is 9.84. The van der Waals surface area contributed by atoms with E-state index in [0.717, 1.165) is 5.56 Å². The van der Waals surface area contributed by atoms with E-state index in [1.54, 1.807) is 41.0 Å². The van der Waals surface area contributed by atoms with Crippen LogP contribution in [-0.4, -0.2) is 18.9 Å². The van der Waals surface area contributed by atoms with E-state index in [2.05, 4.69) is 5.32 Å². The minimum absolute atomic E-state index is 0.0865. The average molecular weight is 471 g/mol. The Labute approximate surface area is 190 Å². The van der Waals surface area contributed by atoms with Gasteiger partial charge in [0, 0.05) is 17.1 Å². The van der Waals surface area contributed by atoms with Crippen LogP contribution in [0.15, 0.2) is 77.8 Å². The molecular weight excluding hydrogens is 451 g/mol. The van der Waals surface area contributed by atoms with Gasteiger partial charge >= 0.3 is 0 Å². The molecule has 4 aromatic rings. The van der Waals surface area contributed by atoms with E-state index >= 15 is 0 Å². The maximum atomic E-state index is 13.2. The number of sulfone groups is 1. The van der Waals surface area contributed by atoms with Gasteiger partial charge in [0.2, 0.25) is 5.91 Å². The number of hydrogen-bond acceptors (Lipinski definition) is 3. The smallest absolute Gasteiger partial charge is 0.244 e. The number of carbonyl (C=O) groups is 1. The van der Waals surface area contributed by atoms with Crippen LogP contribution < -0.4 is 5.32 Å². The zero-order chi connectivity index (χ0) is 22.9. The van der Waals surface area contributed by atoms with Gasteiger partial charge in [-0.2, -0.15) is 0 Å². The number of hydrogen-bond donors (Lipinski definition) is 1. The summed E-state index contributed by atoms with van der Waals surface area (Å²) in [6.07, 6.45) is 1.47. The fraction of sp³-hybridized carbons (Fsp3) is 0.125. The zero-order valence-electron chi connectivity index (χ0n) is 17.2. The third-order valence-electron chi connectivity index (χ3n) is 5.07. The number of nitrogens with zero attached hydrogens (tertiary/aromatic N) is 1. The Morgan fingerprint density at radius 1 is 1.06 bits per heavy atom. The predicted molar refractivity (Wildman–Crippen MR) is 124 cm³/mol. The summed E-state index contributed by atoms with van der Waals surface area (Å²) in [5, 5.41) is 3.72. The molecule has 0 unspecified atom stereocenters. The summed E-state index contributed by atoms with van der Waals surface area (Å²) < 4.78 is 41.1. The molecule has 164 valence electrons. The minimum Gasteiger partial charge on any atom is -0.337 e. The van der Waals surface area contributed by atoms with Crippen LogP contribution in [0.5, 0.6) is 0 Å². The molecule has 1 N–H and O–H groups in total. The molecule has 0 aliphatic rings. The fourth-order valence-electron chi connectivity index (χ4n) is 3.54. The van der Waals surface area contributed by atoms with E-state index in [9.17, 15) is 17.6 Å². The lowest BCUT2D eigenvalue weighted by Crippen LogP contribution is -2.18. The van der Waals surface area contributed by atoms with Gasteiger partial charge in [0.05, 0.1) is 21.4 Å². The number of nitrogens with one attached hydrogen (secondary N) is 1. The summed E-state index contributed by atoms with van der Waals surface area (Å²) >= 11 is 6.20. The number of para-hydroxylation sites is 1. The second-order valence-electron chi connectivity index (χ2n) is 7.56. The second-order valence-corrected chi connectivity index (χ2v) is 9.92. The molecule has 0 aliphatic carbocycles. The van der Waals surface area contributed by atoms with Crippen LogP contribution >= 0.6 is 11.6 Å². The number of halogens is 2. The SMILES string of the molecule is Cc1ccc(NC(=O)Cn2cc(S(=O)(=O)Cc3ccc(F)cc3)c3ccccc32)c(Cl)c1. The molecule has 0 bridgehead atoms. The Morgan fingerprint density at radius 3 is 2.50 bits per heavy atom. The number of anilines is 1. The normalized spacial score (nSPS) is 11.6. The van der Waals surface area contributed by atoms with Crippen molar-refractivity contribution in [2.24, 2.45) is 0 Å². The minimum atomic E-state index is -3.73. The van der Waals surface area contributed by atoms with Crippen molar-refractivity contribution in [2.75, 3.05) is 5.32 Å². The van der Waals surface area contributed by atoms with E-state index in [-0.39, 0.29) is 23.1 Å². The van der Waals surface area contributed by atoms with Gasteiger partial charge in [-0.25, -0.2) is 12.8 Å². The number of aromatic nitrogens is 1. The molecule has 0 saturated heterocycles. The van der Waals surface area contributed by atoms with Crippen molar-refractivity contribution in [2.45, 2.75) is 24.1 Å². The van der Waals surface area contributed by atoms with E-state index in [0.29, 0.717) is 27.2 Å². The van der Waals surface area contributed by atoms with Gasteiger partial charge in [-0.15, -0.1) is 0 Å². The molecular formula is C24H20ClFN2O3S. The molecule has 0 atom stereocenters. The molecule has 0 aliphatic heterocycles. The van der Waals surface area contributed by atoms with Crippen molar-refractivity contribution in [3.05, 3.63) is 94.9 Å². The lowest BCUT2D eigenvalue weighted by molar-refractivity contribution is -0.116. The molecule has 0 fully saturated rings. The summed E-state index contributed by atoms with van der Waals surface area (Å²) in [5.41, 5.74) is 2.56. The molecule has 1 aromatic heterocycles. The van der Waals surface area contributed by atoms with Gasteiger partial charge < -0.3 is 9.88 Å². The van der Waals surface area contributed by atoms with Crippen LogP contribution in [0, 0.1) is 12.7 Å². The number of amides is 1. The van der Waals surface area contributed by atoms with E-state index in [1.165, 1.54) is 30.5 Å². The van der Waals surface area contributed by atoms with Gasteiger partial charge in [-0.1, -0.05) is 48.0 Å². The maximum Gasteiger partial charge on any atom is 0.244 e. The molecule has 8 heteroatoms. The quantitative estimate of drug-likeness (QED) is 0.412. The van der Waals surface area contributed by atoms with Crippen LogP contribution in [0.25, 0.3) is 10.9 Å². The second kappa shape index (κ2) is 8.76. The first-order chi connectivity index (χ1) is 15.2. The lowest BCUT2D eigenvalue weighted by Gasteiger charge is -2.09. The summed E-state index contributed by atoms with van der Waals surface area (Å²) in [6.45, 7) is 1.81. The van der Waals surface area contributed by atoms with Gasteiger partial charge in [0.15, 0.2) is 9.84 Å².